The zero-order chi connectivity index (χ0) is 17.4. The lowest BCUT2D eigenvalue weighted by molar-refractivity contribution is -0.131. The Morgan fingerprint density at radius 2 is 2.00 bits per heavy atom. The van der Waals surface area contributed by atoms with Gasteiger partial charge in [-0.1, -0.05) is 11.6 Å². The van der Waals surface area contributed by atoms with Crippen molar-refractivity contribution in [3.63, 3.8) is 0 Å². The van der Waals surface area contributed by atoms with E-state index in [1.54, 1.807) is 22.8 Å². The summed E-state index contributed by atoms with van der Waals surface area (Å²) >= 11 is 6.09. The van der Waals surface area contributed by atoms with Gasteiger partial charge in [-0.05, 0) is 50.4 Å². The van der Waals surface area contributed by atoms with Crippen LogP contribution < -0.4 is 5.76 Å². The Hall–Kier alpha value is -1.79. The monoisotopic (exact) mass is 363 g/mol. The Labute approximate surface area is 150 Å². The number of oxazole rings is 1. The van der Waals surface area contributed by atoms with E-state index in [1.165, 1.54) is 0 Å². The summed E-state index contributed by atoms with van der Waals surface area (Å²) in [6.07, 6.45) is 4.06. The summed E-state index contributed by atoms with van der Waals surface area (Å²) in [6, 6.07) is 5.23. The van der Waals surface area contributed by atoms with E-state index in [2.05, 4.69) is 4.90 Å². The van der Waals surface area contributed by atoms with E-state index in [1.807, 2.05) is 4.90 Å². The molecule has 2 aromatic rings. The van der Waals surface area contributed by atoms with Crippen LogP contribution >= 0.6 is 11.6 Å². The predicted molar refractivity (Wildman–Crippen MR) is 96.0 cm³/mol. The zero-order valence-corrected chi connectivity index (χ0v) is 14.9. The molecule has 0 bridgehead atoms. The number of likely N-dealkylation sites (tertiary alicyclic amines) is 2. The number of hydrogen-bond donors (Lipinski definition) is 0. The maximum Gasteiger partial charge on any atom is 0.420 e. The molecule has 0 radical (unpaired) electrons. The lowest BCUT2D eigenvalue weighted by Crippen LogP contribution is -2.44. The summed E-state index contributed by atoms with van der Waals surface area (Å²) in [4.78, 5) is 28.9. The first-order valence-electron chi connectivity index (χ1n) is 8.92. The average Bonchev–Trinajstić information content (AvgIpc) is 3.22. The van der Waals surface area contributed by atoms with Gasteiger partial charge in [0.05, 0.1) is 18.1 Å². The molecule has 2 saturated heterocycles. The number of hydrogen-bond acceptors (Lipinski definition) is 4. The van der Waals surface area contributed by atoms with Crippen molar-refractivity contribution in [2.75, 3.05) is 32.7 Å². The van der Waals surface area contributed by atoms with Crippen molar-refractivity contribution in [3.05, 3.63) is 33.8 Å². The molecule has 0 aliphatic carbocycles. The highest BCUT2D eigenvalue weighted by Crippen LogP contribution is 2.26. The minimum atomic E-state index is -0.352. The molecule has 1 aromatic carbocycles. The number of piperidine rings is 1. The summed E-state index contributed by atoms with van der Waals surface area (Å²) in [7, 11) is 0. The largest absolute Gasteiger partial charge is 0.420 e. The van der Waals surface area contributed by atoms with Crippen molar-refractivity contribution in [2.45, 2.75) is 31.7 Å². The van der Waals surface area contributed by atoms with Gasteiger partial charge in [-0.3, -0.25) is 14.3 Å². The van der Waals surface area contributed by atoms with E-state index in [-0.39, 0.29) is 17.7 Å². The number of fused-ring (bicyclic) bond motifs is 1. The topological polar surface area (TPSA) is 58.7 Å². The maximum absolute atomic E-state index is 12.4. The second-order valence-corrected chi connectivity index (χ2v) is 7.41. The molecule has 0 N–H and O–H groups in total. The molecular formula is C18H22ClN3O3. The third-order valence-electron chi connectivity index (χ3n) is 5.24. The number of carbonyl (C=O) groups excluding carboxylic acids is 1. The number of nitrogens with zero attached hydrogens (tertiary/aromatic N) is 3. The molecule has 1 amide bonds. The Morgan fingerprint density at radius 1 is 1.20 bits per heavy atom. The van der Waals surface area contributed by atoms with Gasteiger partial charge in [-0.15, -0.1) is 0 Å². The Balaban J connectivity index is 1.53. The van der Waals surface area contributed by atoms with Crippen molar-refractivity contribution in [1.29, 1.82) is 0 Å². The number of carbonyl (C=O) groups is 1. The average molecular weight is 364 g/mol. The van der Waals surface area contributed by atoms with Crippen molar-refractivity contribution >= 4 is 28.6 Å². The molecule has 6 nitrogen and oxygen atoms in total. The highest BCUT2D eigenvalue weighted by atomic mass is 35.5. The number of rotatable bonds is 3. The minimum Gasteiger partial charge on any atom is -0.408 e. The molecule has 0 saturated carbocycles. The first-order valence-corrected chi connectivity index (χ1v) is 9.30. The zero-order valence-electron chi connectivity index (χ0n) is 14.1. The van der Waals surface area contributed by atoms with Crippen LogP contribution in [-0.4, -0.2) is 53.0 Å². The molecule has 1 atom stereocenters. The molecule has 4 rings (SSSR count). The Bertz CT molecular complexity index is 838. The second kappa shape index (κ2) is 6.84. The molecule has 3 heterocycles. The van der Waals surface area contributed by atoms with Crippen LogP contribution in [0.1, 0.15) is 31.7 Å². The van der Waals surface area contributed by atoms with Gasteiger partial charge < -0.3 is 9.32 Å². The molecule has 2 fully saturated rings. The fourth-order valence-corrected chi connectivity index (χ4v) is 4.16. The van der Waals surface area contributed by atoms with Crippen LogP contribution in [0.15, 0.2) is 27.4 Å². The van der Waals surface area contributed by atoms with Crippen LogP contribution in [0.3, 0.4) is 0 Å². The van der Waals surface area contributed by atoms with E-state index in [4.69, 9.17) is 16.0 Å². The molecule has 2 aliphatic rings. The lowest BCUT2D eigenvalue weighted by Gasteiger charge is -2.33. The van der Waals surface area contributed by atoms with Crippen LogP contribution in [0.4, 0.5) is 0 Å². The van der Waals surface area contributed by atoms with Gasteiger partial charge >= 0.3 is 5.76 Å². The first-order chi connectivity index (χ1) is 12.1. The molecule has 2 aliphatic heterocycles. The number of aromatic nitrogens is 1. The van der Waals surface area contributed by atoms with Gasteiger partial charge in [-0.2, -0.15) is 0 Å². The highest BCUT2D eigenvalue weighted by molar-refractivity contribution is 6.31. The molecule has 1 aromatic heterocycles. The van der Waals surface area contributed by atoms with Crippen LogP contribution in [-0.2, 0) is 4.79 Å². The third kappa shape index (κ3) is 3.33. The van der Waals surface area contributed by atoms with Crippen LogP contribution in [0.25, 0.3) is 11.1 Å². The van der Waals surface area contributed by atoms with Crippen molar-refractivity contribution < 1.29 is 9.21 Å². The summed E-state index contributed by atoms with van der Waals surface area (Å²) in [5.41, 5.74) is 1.29. The number of amides is 1. The molecule has 25 heavy (non-hydrogen) atoms. The molecular weight excluding hydrogens is 342 g/mol. The molecule has 0 unspecified atom stereocenters. The molecule has 134 valence electrons. The van der Waals surface area contributed by atoms with E-state index in [0.717, 1.165) is 50.8 Å². The van der Waals surface area contributed by atoms with E-state index in [9.17, 15) is 9.59 Å². The van der Waals surface area contributed by atoms with Crippen molar-refractivity contribution in [2.24, 2.45) is 0 Å². The predicted octanol–water partition coefficient (Wildman–Crippen LogP) is 2.51. The van der Waals surface area contributed by atoms with Gasteiger partial charge in [0, 0.05) is 24.7 Å². The SMILES string of the molecule is O=C(CN1CCC[C@H](n2c(=O)oc3ccc(Cl)cc32)C1)N1CCCC1. The Kier molecular flexibility index (Phi) is 4.56. The standard InChI is InChI=1S/C18H22ClN3O3/c19-13-5-6-16-15(10-13)22(18(24)25-16)14-4-3-7-20(11-14)12-17(23)21-8-1-2-9-21/h5-6,10,14H,1-4,7-9,11-12H2/t14-/m0/s1. The van der Waals surface area contributed by atoms with Gasteiger partial charge in [0.2, 0.25) is 5.91 Å². The third-order valence-corrected chi connectivity index (χ3v) is 5.47. The number of benzene rings is 1. The smallest absolute Gasteiger partial charge is 0.408 e. The Morgan fingerprint density at radius 3 is 2.80 bits per heavy atom. The summed E-state index contributed by atoms with van der Waals surface area (Å²) in [6.45, 7) is 3.75. The quantitative estimate of drug-likeness (QED) is 0.840. The van der Waals surface area contributed by atoms with Gasteiger partial charge in [0.15, 0.2) is 5.58 Å². The maximum atomic E-state index is 12.4. The summed E-state index contributed by atoms with van der Waals surface area (Å²) < 4.78 is 7.06. The van der Waals surface area contributed by atoms with Crippen LogP contribution in [0.5, 0.6) is 0 Å². The molecule has 0 spiro atoms. The lowest BCUT2D eigenvalue weighted by atomic mass is 10.1. The minimum absolute atomic E-state index is 0.00680. The van der Waals surface area contributed by atoms with Crippen molar-refractivity contribution in [3.8, 4) is 0 Å². The first kappa shape index (κ1) is 16.7. The summed E-state index contributed by atoms with van der Waals surface area (Å²) in [5.74, 6) is -0.152. The van der Waals surface area contributed by atoms with E-state index in [0.29, 0.717) is 23.7 Å². The van der Waals surface area contributed by atoms with Crippen molar-refractivity contribution in [1.82, 2.24) is 14.4 Å². The number of halogens is 1. The molecule has 7 heteroatoms. The van der Waals surface area contributed by atoms with Gasteiger partial charge in [-0.25, -0.2) is 4.79 Å². The van der Waals surface area contributed by atoms with Gasteiger partial charge in [0.25, 0.3) is 0 Å². The van der Waals surface area contributed by atoms with Gasteiger partial charge in [0.1, 0.15) is 0 Å². The fourth-order valence-electron chi connectivity index (χ4n) is 4.00. The van der Waals surface area contributed by atoms with Crippen LogP contribution in [0.2, 0.25) is 5.02 Å². The summed E-state index contributed by atoms with van der Waals surface area (Å²) in [5, 5.41) is 0.582. The normalized spacial score (nSPS) is 22.0. The van der Waals surface area contributed by atoms with E-state index >= 15 is 0 Å². The second-order valence-electron chi connectivity index (χ2n) is 6.97. The fraction of sp³-hybridized carbons (Fsp3) is 0.556. The highest BCUT2D eigenvalue weighted by Gasteiger charge is 2.28. The van der Waals surface area contributed by atoms with Crippen LogP contribution in [0, 0.1) is 0 Å². The van der Waals surface area contributed by atoms with E-state index < -0.39 is 0 Å².